The van der Waals surface area contributed by atoms with E-state index in [2.05, 4.69) is 15.5 Å². The molecule has 1 N–H and O–H groups in total. The van der Waals surface area contributed by atoms with Crippen molar-refractivity contribution < 1.29 is 4.21 Å². The Balaban J connectivity index is 2.09. The summed E-state index contributed by atoms with van der Waals surface area (Å²) in [6.45, 7) is 1.80. The number of nitrogens with one attached hydrogen (secondary N) is 1. The normalized spacial score (nSPS) is 23.7. The van der Waals surface area contributed by atoms with Crippen LogP contribution in [0.25, 0.3) is 0 Å². The molecular weight excluding hydrogens is 234 g/mol. The third kappa shape index (κ3) is 2.74. The van der Waals surface area contributed by atoms with Crippen molar-refractivity contribution in [3.8, 4) is 0 Å². The van der Waals surface area contributed by atoms with Gasteiger partial charge in [0.05, 0.1) is 16.0 Å². The molecule has 4 nitrogen and oxygen atoms in total. The summed E-state index contributed by atoms with van der Waals surface area (Å²) in [6, 6.07) is 3.30. The maximum absolute atomic E-state index is 12.0. The Morgan fingerprint density at radius 1 is 1.47 bits per heavy atom. The van der Waals surface area contributed by atoms with Crippen molar-refractivity contribution in [2.24, 2.45) is 0 Å². The Morgan fingerprint density at radius 3 is 2.93 bits per heavy atom. The highest BCUT2D eigenvalue weighted by Crippen LogP contribution is 2.15. The summed E-state index contributed by atoms with van der Waals surface area (Å²) in [5.74, 6) is 0. The summed E-state index contributed by atoms with van der Waals surface area (Å²) >= 11 is 5.62. The molecule has 15 heavy (non-hydrogen) atoms. The first-order chi connectivity index (χ1) is 7.27. The summed E-state index contributed by atoms with van der Waals surface area (Å²) in [5.41, 5.74) is 0. The van der Waals surface area contributed by atoms with Gasteiger partial charge in [-0.15, -0.1) is 10.2 Å². The lowest BCUT2D eigenvalue weighted by Gasteiger charge is -2.21. The molecule has 0 saturated carbocycles. The van der Waals surface area contributed by atoms with Gasteiger partial charge in [0.1, 0.15) is 5.03 Å². The highest BCUT2D eigenvalue weighted by Gasteiger charge is 2.21. The Labute approximate surface area is 95.9 Å². The van der Waals surface area contributed by atoms with E-state index in [-0.39, 0.29) is 5.25 Å². The maximum atomic E-state index is 12.0. The lowest BCUT2D eigenvalue weighted by atomic mass is 10.2. The van der Waals surface area contributed by atoms with Crippen LogP contribution < -0.4 is 5.32 Å². The van der Waals surface area contributed by atoms with E-state index in [0.717, 1.165) is 25.9 Å². The minimum atomic E-state index is -1.07. The topological polar surface area (TPSA) is 54.9 Å². The molecule has 6 heteroatoms. The van der Waals surface area contributed by atoms with E-state index in [0.29, 0.717) is 10.2 Å². The van der Waals surface area contributed by atoms with Crippen LogP contribution in [0.3, 0.4) is 0 Å². The largest absolute Gasteiger partial charge is 0.316 e. The van der Waals surface area contributed by atoms with Gasteiger partial charge in [-0.3, -0.25) is 4.21 Å². The fraction of sp³-hybridized carbons (Fsp3) is 0.556. The first kappa shape index (κ1) is 11.0. The number of hydrogen-bond acceptors (Lipinski definition) is 4. The standard InChI is InChI=1S/C9H12ClN3OS/c10-8-3-4-9(13-12-8)15(14)7-2-1-5-11-6-7/h3-4,7,11H,1-2,5-6H2. The van der Waals surface area contributed by atoms with Gasteiger partial charge in [0.25, 0.3) is 0 Å². The smallest absolute Gasteiger partial charge is 0.151 e. The number of aromatic nitrogens is 2. The second-order valence-corrected chi connectivity index (χ2v) is 5.53. The van der Waals surface area contributed by atoms with Gasteiger partial charge in [0.15, 0.2) is 5.15 Å². The van der Waals surface area contributed by atoms with Crippen molar-refractivity contribution in [1.82, 2.24) is 15.5 Å². The molecule has 0 radical (unpaired) electrons. The average molecular weight is 246 g/mol. The Hall–Kier alpha value is -0.520. The summed E-state index contributed by atoms with van der Waals surface area (Å²) in [5, 5.41) is 11.8. The third-order valence-electron chi connectivity index (χ3n) is 2.37. The monoisotopic (exact) mass is 245 g/mol. The molecule has 0 aromatic carbocycles. The molecule has 0 aliphatic carbocycles. The molecule has 1 aromatic rings. The van der Waals surface area contributed by atoms with Crippen LogP contribution in [0, 0.1) is 0 Å². The molecule has 1 aromatic heterocycles. The molecule has 2 rings (SSSR count). The van der Waals surface area contributed by atoms with Gasteiger partial charge in [0.2, 0.25) is 0 Å². The van der Waals surface area contributed by atoms with Gasteiger partial charge in [-0.05, 0) is 31.5 Å². The van der Waals surface area contributed by atoms with E-state index in [4.69, 9.17) is 11.6 Å². The van der Waals surface area contributed by atoms with E-state index in [1.54, 1.807) is 12.1 Å². The number of nitrogens with zero attached hydrogens (tertiary/aromatic N) is 2. The quantitative estimate of drug-likeness (QED) is 0.844. The van der Waals surface area contributed by atoms with Crippen LogP contribution in [0.2, 0.25) is 5.15 Å². The van der Waals surface area contributed by atoms with Crippen molar-refractivity contribution in [3.05, 3.63) is 17.3 Å². The second-order valence-electron chi connectivity index (χ2n) is 3.46. The molecule has 2 atom stereocenters. The maximum Gasteiger partial charge on any atom is 0.151 e. The molecule has 1 fully saturated rings. The van der Waals surface area contributed by atoms with Gasteiger partial charge in [-0.1, -0.05) is 11.6 Å². The van der Waals surface area contributed by atoms with Crippen molar-refractivity contribution in [1.29, 1.82) is 0 Å². The van der Waals surface area contributed by atoms with Crippen LogP contribution >= 0.6 is 11.6 Å². The SMILES string of the molecule is O=S(c1ccc(Cl)nn1)C1CCCNC1. The minimum Gasteiger partial charge on any atom is -0.316 e. The molecular formula is C9H12ClN3OS. The predicted molar refractivity (Wildman–Crippen MR) is 59.3 cm³/mol. The molecule has 1 saturated heterocycles. The van der Waals surface area contributed by atoms with E-state index in [9.17, 15) is 4.21 Å². The number of piperidine rings is 1. The van der Waals surface area contributed by atoms with E-state index >= 15 is 0 Å². The zero-order valence-corrected chi connectivity index (χ0v) is 9.72. The van der Waals surface area contributed by atoms with Gasteiger partial charge >= 0.3 is 0 Å². The first-order valence-electron chi connectivity index (χ1n) is 4.88. The zero-order chi connectivity index (χ0) is 10.7. The van der Waals surface area contributed by atoms with Crippen LogP contribution in [0.5, 0.6) is 0 Å². The number of rotatable bonds is 2. The summed E-state index contributed by atoms with van der Waals surface area (Å²) in [6.07, 6.45) is 2.04. The molecule has 2 unspecified atom stereocenters. The highest BCUT2D eigenvalue weighted by atomic mass is 35.5. The summed E-state index contributed by atoms with van der Waals surface area (Å²) < 4.78 is 12.0. The van der Waals surface area contributed by atoms with Crippen LogP contribution in [0.4, 0.5) is 0 Å². The summed E-state index contributed by atoms with van der Waals surface area (Å²) in [7, 11) is -1.07. The third-order valence-corrected chi connectivity index (χ3v) is 4.21. The predicted octanol–water partition coefficient (Wildman–Crippen LogP) is 0.990. The zero-order valence-electron chi connectivity index (χ0n) is 8.15. The Kier molecular flexibility index (Phi) is 3.66. The average Bonchev–Trinajstić information content (AvgIpc) is 2.30. The van der Waals surface area contributed by atoms with Crippen molar-refractivity contribution in [3.63, 3.8) is 0 Å². The van der Waals surface area contributed by atoms with Gasteiger partial charge in [-0.2, -0.15) is 0 Å². The molecule has 0 spiro atoms. The molecule has 0 bridgehead atoms. The molecule has 82 valence electrons. The second kappa shape index (κ2) is 5.01. The van der Waals surface area contributed by atoms with E-state index < -0.39 is 10.8 Å². The molecule has 1 aliphatic rings. The molecule has 0 amide bonds. The molecule has 2 heterocycles. The van der Waals surface area contributed by atoms with Gasteiger partial charge in [0, 0.05) is 6.54 Å². The van der Waals surface area contributed by atoms with Crippen LogP contribution in [-0.4, -0.2) is 32.7 Å². The van der Waals surface area contributed by atoms with Crippen LogP contribution in [-0.2, 0) is 10.8 Å². The summed E-state index contributed by atoms with van der Waals surface area (Å²) in [4.78, 5) is 0. The van der Waals surface area contributed by atoms with Gasteiger partial charge in [-0.25, -0.2) is 0 Å². The minimum absolute atomic E-state index is 0.147. The van der Waals surface area contributed by atoms with Gasteiger partial charge < -0.3 is 5.32 Å². The van der Waals surface area contributed by atoms with E-state index in [1.165, 1.54) is 0 Å². The Morgan fingerprint density at radius 2 is 2.33 bits per heavy atom. The van der Waals surface area contributed by atoms with Crippen molar-refractivity contribution in [2.75, 3.05) is 13.1 Å². The lowest BCUT2D eigenvalue weighted by molar-refractivity contribution is 0.518. The number of halogens is 1. The van der Waals surface area contributed by atoms with Crippen molar-refractivity contribution >= 4 is 22.4 Å². The highest BCUT2D eigenvalue weighted by molar-refractivity contribution is 7.85. The number of hydrogen-bond donors (Lipinski definition) is 1. The van der Waals surface area contributed by atoms with Crippen LogP contribution in [0.15, 0.2) is 17.2 Å². The fourth-order valence-corrected chi connectivity index (χ4v) is 3.00. The fourth-order valence-electron chi connectivity index (χ4n) is 1.58. The Bertz CT molecular complexity index is 351. The van der Waals surface area contributed by atoms with Crippen LogP contribution in [0.1, 0.15) is 12.8 Å². The van der Waals surface area contributed by atoms with Crippen molar-refractivity contribution in [2.45, 2.75) is 23.1 Å². The first-order valence-corrected chi connectivity index (χ1v) is 6.47. The molecule has 1 aliphatic heterocycles. The lowest BCUT2D eigenvalue weighted by Crippen LogP contribution is -2.36. The van der Waals surface area contributed by atoms with E-state index in [1.807, 2.05) is 0 Å².